The summed E-state index contributed by atoms with van der Waals surface area (Å²) in [5.74, 6) is 0.0852. The van der Waals surface area contributed by atoms with Crippen molar-refractivity contribution in [2.24, 2.45) is 0 Å². The van der Waals surface area contributed by atoms with Crippen molar-refractivity contribution in [1.82, 2.24) is 24.8 Å². The fourth-order valence-corrected chi connectivity index (χ4v) is 3.89. The van der Waals surface area contributed by atoms with Gasteiger partial charge in [0.2, 0.25) is 5.88 Å². The number of carbonyl (C=O) groups is 1. The highest BCUT2D eigenvalue weighted by atomic mass is 19.1. The SMILES string of the molecule is C=c1cc(C)[nH]/c1=C/C=C(\CF)Oc1ncnc(Nc2ccc(C(=O)N3CCN(C)CC3)cc2)c1C#N. The van der Waals surface area contributed by atoms with Crippen LogP contribution in [0.15, 0.2) is 48.5 Å². The van der Waals surface area contributed by atoms with Gasteiger partial charge in [0.15, 0.2) is 11.4 Å². The van der Waals surface area contributed by atoms with Crippen LogP contribution in [0.1, 0.15) is 21.6 Å². The molecule has 1 aromatic carbocycles. The van der Waals surface area contributed by atoms with Gasteiger partial charge in [-0.05, 0) is 61.7 Å². The van der Waals surface area contributed by atoms with Gasteiger partial charge in [-0.1, -0.05) is 6.58 Å². The summed E-state index contributed by atoms with van der Waals surface area (Å²) in [6, 6.07) is 10.8. The standard InChI is InChI=1S/C27H28FN7O2/c1-18-14-19(2)32-24(18)9-8-22(15-28)37-26-23(16-29)25(30-17-31-26)33-21-6-4-20(5-7-21)27(36)35-12-10-34(3)11-13-35/h4-9,14,17,32H,1,10-13,15H2,2-3H3,(H,30,31,33)/b22-8+,24-9+. The first-order valence-corrected chi connectivity index (χ1v) is 11.8. The summed E-state index contributed by atoms with van der Waals surface area (Å²) in [4.78, 5) is 28.1. The maximum Gasteiger partial charge on any atom is 0.253 e. The summed E-state index contributed by atoms with van der Waals surface area (Å²) in [6.45, 7) is 8.01. The lowest BCUT2D eigenvalue weighted by molar-refractivity contribution is 0.0664. The van der Waals surface area contributed by atoms with Crippen molar-refractivity contribution in [2.45, 2.75) is 6.92 Å². The van der Waals surface area contributed by atoms with E-state index in [0.29, 0.717) is 24.3 Å². The van der Waals surface area contributed by atoms with Crippen LogP contribution in [0.25, 0.3) is 12.7 Å². The number of benzene rings is 1. The Labute approximate surface area is 214 Å². The third kappa shape index (κ3) is 6.20. The number of rotatable bonds is 7. The van der Waals surface area contributed by atoms with Gasteiger partial charge in [-0.15, -0.1) is 0 Å². The lowest BCUT2D eigenvalue weighted by atomic mass is 10.1. The van der Waals surface area contributed by atoms with Gasteiger partial charge >= 0.3 is 0 Å². The van der Waals surface area contributed by atoms with Gasteiger partial charge in [0.25, 0.3) is 5.91 Å². The number of H-pyrrole nitrogens is 1. The van der Waals surface area contributed by atoms with Crippen molar-refractivity contribution < 1.29 is 13.9 Å². The topological polar surface area (TPSA) is 110 Å². The van der Waals surface area contributed by atoms with E-state index in [-0.39, 0.29) is 28.9 Å². The van der Waals surface area contributed by atoms with Crippen LogP contribution in [0.2, 0.25) is 0 Å². The zero-order chi connectivity index (χ0) is 26.4. The number of amides is 1. The van der Waals surface area contributed by atoms with Gasteiger partial charge in [-0.2, -0.15) is 5.26 Å². The largest absolute Gasteiger partial charge is 0.439 e. The number of carbonyl (C=O) groups excluding carboxylic acids is 1. The molecule has 9 nitrogen and oxygen atoms in total. The van der Waals surface area contributed by atoms with Gasteiger partial charge in [-0.25, -0.2) is 14.4 Å². The van der Waals surface area contributed by atoms with Gasteiger partial charge in [0.1, 0.15) is 24.8 Å². The van der Waals surface area contributed by atoms with Crippen LogP contribution in [-0.4, -0.2) is 70.6 Å². The number of nitriles is 1. The highest BCUT2D eigenvalue weighted by Crippen LogP contribution is 2.26. The van der Waals surface area contributed by atoms with Crippen LogP contribution in [0.3, 0.4) is 0 Å². The summed E-state index contributed by atoms with van der Waals surface area (Å²) in [7, 11) is 2.04. The van der Waals surface area contributed by atoms with E-state index in [2.05, 4.69) is 31.7 Å². The van der Waals surface area contributed by atoms with E-state index >= 15 is 0 Å². The molecule has 0 atom stereocenters. The molecule has 2 N–H and O–H groups in total. The number of nitrogens with zero attached hydrogens (tertiary/aromatic N) is 5. The van der Waals surface area contributed by atoms with Crippen molar-refractivity contribution in [3.8, 4) is 11.9 Å². The second-order valence-corrected chi connectivity index (χ2v) is 8.74. The van der Waals surface area contributed by atoms with E-state index in [1.807, 2.05) is 31.0 Å². The molecule has 1 amide bonds. The van der Waals surface area contributed by atoms with Gasteiger partial charge in [-0.3, -0.25) is 4.79 Å². The van der Waals surface area contributed by atoms with E-state index in [4.69, 9.17) is 4.74 Å². The first-order valence-electron chi connectivity index (χ1n) is 11.8. The van der Waals surface area contributed by atoms with E-state index in [1.54, 1.807) is 30.3 Å². The lowest BCUT2D eigenvalue weighted by Crippen LogP contribution is -2.47. The number of aromatic nitrogens is 3. The molecule has 4 rings (SSSR count). The molecule has 1 saturated heterocycles. The number of anilines is 2. The summed E-state index contributed by atoms with van der Waals surface area (Å²) < 4.78 is 19.3. The summed E-state index contributed by atoms with van der Waals surface area (Å²) in [5.41, 5.74) is 2.16. The number of hydrogen-bond donors (Lipinski definition) is 2. The third-order valence-electron chi connectivity index (χ3n) is 5.97. The fourth-order valence-electron chi connectivity index (χ4n) is 3.89. The Hall–Kier alpha value is -4.49. The Kier molecular flexibility index (Phi) is 7.95. The molecule has 37 heavy (non-hydrogen) atoms. The van der Waals surface area contributed by atoms with Crippen molar-refractivity contribution in [3.63, 3.8) is 0 Å². The Bertz CT molecular complexity index is 1450. The molecular weight excluding hydrogens is 473 g/mol. The highest BCUT2D eigenvalue weighted by molar-refractivity contribution is 5.94. The predicted octanol–water partition coefficient (Wildman–Crippen LogP) is 2.24. The zero-order valence-electron chi connectivity index (χ0n) is 20.8. The van der Waals surface area contributed by atoms with E-state index in [0.717, 1.165) is 29.4 Å². The molecule has 10 heteroatoms. The second-order valence-electron chi connectivity index (χ2n) is 8.74. The summed E-state index contributed by atoms with van der Waals surface area (Å²) in [6.07, 6.45) is 4.35. The van der Waals surface area contributed by atoms with Gasteiger partial charge in [0.05, 0.1) is 0 Å². The number of nitrogens with one attached hydrogen (secondary N) is 2. The molecule has 3 aromatic rings. The number of halogens is 1. The molecular formula is C27H28FN7O2. The molecule has 1 aliphatic rings. The number of allylic oxidation sites excluding steroid dienone is 2. The Morgan fingerprint density at radius 2 is 2.00 bits per heavy atom. The molecule has 1 aliphatic heterocycles. The maximum absolute atomic E-state index is 13.7. The smallest absolute Gasteiger partial charge is 0.253 e. The minimum Gasteiger partial charge on any atom is -0.439 e. The quantitative estimate of drug-likeness (QED) is 0.478. The van der Waals surface area contributed by atoms with Crippen LogP contribution in [-0.2, 0) is 0 Å². The Morgan fingerprint density at radius 1 is 1.27 bits per heavy atom. The molecule has 0 saturated carbocycles. The summed E-state index contributed by atoms with van der Waals surface area (Å²) >= 11 is 0. The number of hydrogen-bond acceptors (Lipinski definition) is 7. The maximum atomic E-state index is 13.7. The van der Waals surface area contributed by atoms with Crippen LogP contribution >= 0.6 is 0 Å². The van der Waals surface area contributed by atoms with E-state index in [1.165, 1.54) is 12.4 Å². The van der Waals surface area contributed by atoms with Crippen LogP contribution in [0, 0.1) is 18.3 Å². The number of aromatic amines is 1. The van der Waals surface area contributed by atoms with Gasteiger partial charge < -0.3 is 24.8 Å². The normalized spacial score (nSPS) is 14.9. The molecule has 1 fully saturated rings. The number of alkyl halides is 1. The third-order valence-corrected chi connectivity index (χ3v) is 5.97. The van der Waals surface area contributed by atoms with Crippen molar-refractivity contribution in [1.29, 1.82) is 5.26 Å². The molecule has 0 unspecified atom stereocenters. The van der Waals surface area contributed by atoms with Crippen molar-refractivity contribution in [2.75, 3.05) is 45.2 Å². The zero-order valence-corrected chi connectivity index (χ0v) is 20.8. The second kappa shape index (κ2) is 11.5. The minimum absolute atomic E-state index is 0.0158. The van der Waals surface area contributed by atoms with Crippen LogP contribution in [0.4, 0.5) is 15.9 Å². The minimum atomic E-state index is -0.900. The van der Waals surface area contributed by atoms with Crippen molar-refractivity contribution >= 4 is 30.1 Å². The summed E-state index contributed by atoms with van der Waals surface area (Å²) in [5, 5.41) is 14.3. The molecule has 3 heterocycles. The first kappa shape index (κ1) is 25.6. The Morgan fingerprint density at radius 3 is 2.62 bits per heavy atom. The number of piperazine rings is 1. The van der Waals surface area contributed by atoms with E-state index in [9.17, 15) is 14.4 Å². The molecule has 0 spiro atoms. The molecule has 2 aromatic heterocycles. The molecule has 190 valence electrons. The number of aryl methyl sites for hydroxylation is 1. The number of ether oxygens (including phenoxy) is 1. The molecule has 0 bridgehead atoms. The number of likely N-dealkylation sites (N-methyl/N-ethyl adjacent to an activating group) is 1. The highest BCUT2D eigenvalue weighted by Gasteiger charge is 2.20. The van der Waals surface area contributed by atoms with Crippen molar-refractivity contribution in [3.05, 3.63) is 75.9 Å². The monoisotopic (exact) mass is 501 g/mol. The first-order chi connectivity index (χ1) is 17.9. The van der Waals surface area contributed by atoms with Crippen LogP contribution in [0.5, 0.6) is 5.88 Å². The molecule has 0 radical (unpaired) electrons. The average Bonchev–Trinajstić information content (AvgIpc) is 3.23. The van der Waals surface area contributed by atoms with Crippen LogP contribution < -0.4 is 20.6 Å². The predicted molar refractivity (Wildman–Crippen MR) is 139 cm³/mol. The lowest BCUT2D eigenvalue weighted by Gasteiger charge is -2.32. The van der Waals surface area contributed by atoms with Gasteiger partial charge in [0, 0.05) is 48.5 Å². The fraction of sp³-hybridized carbons (Fsp3) is 0.259. The molecule has 0 aliphatic carbocycles. The Balaban J connectivity index is 1.50. The average molecular weight is 502 g/mol. The van der Waals surface area contributed by atoms with E-state index < -0.39 is 6.67 Å².